The van der Waals surface area contributed by atoms with Crippen LogP contribution in [0, 0.1) is 6.92 Å². The third-order valence-corrected chi connectivity index (χ3v) is 6.38. The lowest BCUT2D eigenvalue weighted by molar-refractivity contribution is 0.0619. The second-order valence-electron chi connectivity index (χ2n) is 8.43. The molecule has 0 saturated heterocycles. The standard InChI is InChI=1S/C26H27NO2S/c1-18-9-14-22-23(16-26(2,3)29-24(22)15-18)27-25(28)20-12-10-19(11-13-20)17-30-21-7-5-4-6-8-21/h4-15,23H,16-17H2,1-3H3,(H,27,28). The van der Waals surface area contributed by atoms with Crippen LogP contribution in [0.25, 0.3) is 0 Å². The van der Waals surface area contributed by atoms with Crippen LogP contribution >= 0.6 is 11.8 Å². The molecule has 1 aliphatic heterocycles. The van der Waals surface area contributed by atoms with Crippen molar-refractivity contribution in [3.05, 3.63) is 95.1 Å². The summed E-state index contributed by atoms with van der Waals surface area (Å²) in [6.45, 7) is 6.18. The van der Waals surface area contributed by atoms with Crippen molar-refractivity contribution in [3.8, 4) is 5.75 Å². The van der Waals surface area contributed by atoms with E-state index in [0.717, 1.165) is 29.1 Å². The van der Waals surface area contributed by atoms with Crippen LogP contribution < -0.4 is 10.1 Å². The number of rotatable bonds is 5. The van der Waals surface area contributed by atoms with Gasteiger partial charge >= 0.3 is 0 Å². The largest absolute Gasteiger partial charge is 0.487 e. The Morgan fingerprint density at radius 2 is 1.80 bits per heavy atom. The first-order chi connectivity index (χ1) is 14.4. The van der Waals surface area contributed by atoms with Gasteiger partial charge in [0.05, 0.1) is 6.04 Å². The Morgan fingerprint density at radius 3 is 2.53 bits per heavy atom. The third-order valence-electron chi connectivity index (χ3n) is 5.30. The summed E-state index contributed by atoms with van der Waals surface area (Å²) < 4.78 is 6.14. The fourth-order valence-electron chi connectivity index (χ4n) is 3.76. The number of thioether (sulfide) groups is 1. The molecule has 3 nitrogen and oxygen atoms in total. The maximum absolute atomic E-state index is 12.9. The van der Waals surface area contributed by atoms with Crippen molar-refractivity contribution < 1.29 is 9.53 Å². The Labute approximate surface area is 182 Å². The molecule has 1 heterocycles. The first-order valence-corrected chi connectivity index (χ1v) is 11.3. The molecule has 0 fully saturated rings. The Hall–Kier alpha value is -2.72. The van der Waals surface area contributed by atoms with Crippen molar-refractivity contribution in [2.24, 2.45) is 0 Å². The van der Waals surface area contributed by atoms with Crippen molar-refractivity contribution in [1.29, 1.82) is 0 Å². The van der Waals surface area contributed by atoms with Crippen LogP contribution in [0.4, 0.5) is 0 Å². The van der Waals surface area contributed by atoms with Crippen LogP contribution in [0.3, 0.4) is 0 Å². The molecule has 0 aliphatic carbocycles. The van der Waals surface area contributed by atoms with Gasteiger partial charge in [0.1, 0.15) is 11.4 Å². The predicted octanol–water partition coefficient (Wildman–Crippen LogP) is 6.32. The summed E-state index contributed by atoms with van der Waals surface area (Å²) in [5.41, 5.74) is 3.76. The van der Waals surface area contributed by atoms with Crippen LogP contribution in [-0.2, 0) is 5.75 Å². The van der Waals surface area contributed by atoms with Gasteiger partial charge < -0.3 is 10.1 Å². The molecule has 1 atom stereocenters. The highest BCUT2D eigenvalue weighted by molar-refractivity contribution is 7.98. The highest BCUT2D eigenvalue weighted by Crippen LogP contribution is 2.40. The highest BCUT2D eigenvalue weighted by atomic mass is 32.2. The topological polar surface area (TPSA) is 38.3 Å². The summed E-state index contributed by atoms with van der Waals surface area (Å²) >= 11 is 1.79. The average Bonchev–Trinajstić information content (AvgIpc) is 2.72. The van der Waals surface area contributed by atoms with Gasteiger partial charge in [0.2, 0.25) is 0 Å². The Balaban J connectivity index is 1.44. The lowest BCUT2D eigenvalue weighted by atomic mass is 9.89. The fourth-order valence-corrected chi connectivity index (χ4v) is 4.64. The smallest absolute Gasteiger partial charge is 0.251 e. The molecule has 1 aliphatic rings. The molecule has 30 heavy (non-hydrogen) atoms. The van der Waals surface area contributed by atoms with E-state index in [9.17, 15) is 4.79 Å². The maximum Gasteiger partial charge on any atom is 0.251 e. The number of aryl methyl sites for hydroxylation is 1. The van der Waals surface area contributed by atoms with Gasteiger partial charge in [-0.25, -0.2) is 0 Å². The van der Waals surface area contributed by atoms with E-state index in [1.54, 1.807) is 11.8 Å². The number of hydrogen-bond acceptors (Lipinski definition) is 3. The van der Waals surface area contributed by atoms with E-state index in [2.05, 4.69) is 56.4 Å². The minimum Gasteiger partial charge on any atom is -0.487 e. The van der Waals surface area contributed by atoms with E-state index >= 15 is 0 Å². The quantitative estimate of drug-likeness (QED) is 0.494. The summed E-state index contributed by atoms with van der Waals surface area (Å²) in [6.07, 6.45) is 0.737. The number of carbonyl (C=O) groups is 1. The number of ether oxygens (including phenoxy) is 1. The van der Waals surface area contributed by atoms with Gasteiger partial charge in [-0.2, -0.15) is 0 Å². The van der Waals surface area contributed by atoms with Crippen LogP contribution in [0.5, 0.6) is 5.75 Å². The van der Waals surface area contributed by atoms with Gasteiger partial charge in [0, 0.05) is 28.2 Å². The number of benzene rings is 3. The highest BCUT2D eigenvalue weighted by Gasteiger charge is 2.34. The summed E-state index contributed by atoms with van der Waals surface area (Å²) in [7, 11) is 0. The van der Waals surface area contributed by atoms with Gasteiger partial charge in [0.25, 0.3) is 5.91 Å². The predicted molar refractivity (Wildman–Crippen MR) is 123 cm³/mol. The van der Waals surface area contributed by atoms with Gasteiger partial charge in [-0.1, -0.05) is 42.5 Å². The van der Waals surface area contributed by atoms with Gasteiger partial charge in [-0.15, -0.1) is 11.8 Å². The zero-order valence-corrected chi connectivity index (χ0v) is 18.5. The molecule has 0 spiro atoms. The molecule has 0 saturated carbocycles. The van der Waals surface area contributed by atoms with Crippen LogP contribution in [0.1, 0.15) is 53.4 Å². The van der Waals surface area contributed by atoms with E-state index in [0.29, 0.717) is 5.56 Å². The number of carbonyl (C=O) groups excluding carboxylic acids is 1. The molecule has 3 aromatic carbocycles. The number of nitrogens with one attached hydrogen (secondary N) is 1. The van der Waals surface area contributed by atoms with E-state index in [-0.39, 0.29) is 17.6 Å². The van der Waals surface area contributed by atoms with Crippen molar-refractivity contribution in [2.45, 2.75) is 49.5 Å². The molecular formula is C26H27NO2S. The number of hydrogen-bond donors (Lipinski definition) is 1. The van der Waals surface area contributed by atoms with Gasteiger partial charge in [0.15, 0.2) is 0 Å². The van der Waals surface area contributed by atoms with E-state index in [4.69, 9.17) is 4.74 Å². The molecule has 1 amide bonds. The van der Waals surface area contributed by atoms with Crippen LogP contribution in [-0.4, -0.2) is 11.5 Å². The Morgan fingerprint density at radius 1 is 1.07 bits per heavy atom. The second-order valence-corrected chi connectivity index (χ2v) is 9.48. The lowest BCUT2D eigenvalue weighted by Gasteiger charge is -2.38. The average molecular weight is 418 g/mol. The van der Waals surface area contributed by atoms with Gasteiger partial charge in [-0.3, -0.25) is 4.79 Å². The normalized spacial score (nSPS) is 17.0. The minimum absolute atomic E-state index is 0.0495. The van der Waals surface area contributed by atoms with E-state index in [1.807, 2.05) is 42.5 Å². The molecular weight excluding hydrogens is 390 g/mol. The maximum atomic E-state index is 12.9. The Bertz CT molecular complexity index is 1030. The van der Waals surface area contributed by atoms with Crippen LogP contribution in [0.15, 0.2) is 77.7 Å². The summed E-state index contributed by atoms with van der Waals surface area (Å²) in [4.78, 5) is 14.2. The molecule has 1 N–H and O–H groups in total. The SMILES string of the molecule is Cc1ccc2c(c1)OC(C)(C)CC2NC(=O)c1ccc(CSc2ccccc2)cc1. The van der Waals surface area contributed by atoms with E-state index < -0.39 is 0 Å². The molecule has 0 radical (unpaired) electrons. The molecule has 154 valence electrons. The monoisotopic (exact) mass is 417 g/mol. The fraction of sp³-hybridized carbons (Fsp3) is 0.269. The third kappa shape index (κ3) is 4.88. The number of fused-ring (bicyclic) bond motifs is 1. The summed E-state index contributed by atoms with van der Waals surface area (Å²) in [5.74, 6) is 1.70. The first kappa shape index (κ1) is 20.5. The van der Waals surface area contributed by atoms with Gasteiger partial charge in [-0.05, 0) is 62.2 Å². The zero-order chi connectivity index (χ0) is 21.1. The minimum atomic E-state index is -0.322. The molecule has 4 rings (SSSR count). The molecule has 1 unspecified atom stereocenters. The number of amides is 1. The lowest BCUT2D eigenvalue weighted by Crippen LogP contribution is -2.41. The second kappa shape index (κ2) is 8.57. The molecule has 3 aromatic rings. The van der Waals surface area contributed by atoms with Crippen molar-refractivity contribution >= 4 is 17.7 Å². The van der Waals surface area contributed by atoms with Crippen molar-refractivity contribution in [1.82, 2.24) is 5.32 Å². The first-order valence-electron chi connectivity index (χ1n) is 10.3. The van der Waals surface area contributed by atoms with Crippen molar-refractivity contribution in [2.75, 3.05) is 0 Å². The molecule has 4 heteroatoms. The summed E-state index contributed by atoms with van der Waals surface area (Å²) in [5, 5.41) is 3.22. The van der Waals surface area contributed by atoms with E-state index in [1.165, 1.54) is 10.5 Å². The summed E-state index contributed by atoms with van der Waals surface area (Å²) in [6, 6.07) is 24.4. The zero-order valence-electron chi connectivity index (χ0n) is 17.6. The van der Waals surface area contributed by atoms with Crippen LogP contribution in [0.2, 0.25) is 0 Å². The Kier molecular flexibility index (Phi) is 5.87. The molecule has 0 aromatic heterocycles. The molecule has 0 bridgehead atoms. The van der Waals surface area contributed by atoms with Crippen molar-refractivity contribution in [3.63, 3.8) is 0 Å².